The average molecular weight is 280 g/mol. The van der Waals surface area contributed by atoms with Crippen LogP contribution in [-0.4, -0.2) is 43.3 Å². The molecule has 2 rings (SSSR count). The number of carbonyl (C=O) groups excluding carboxylic acids is 1. The summed E-state index contributed by atoms with van der Waals surface area (Å²) in [6, 6.07) is 4.57. The Morgan fingerprint density at radius 2 is 2.35 bits per heavy atom. The zero-order chi connectivity index (χ0) is 14.5. The molecule has 20 heavy (non-hydrogen) atoms. The fourth-order valence-electron chi connectivity index (χ4n) is 1.87. The van der Waals surface area contributed by atoms with E-state index in [0.29, 0.717) is 30.0 Å². The predicted molar refractivity (Wildman–Crippen MR) is 69.7 cm³/mol. The number of hydrogen-bond acceptors (Lipinski definition) is 5. The largest absolute Gasteiger partial charge is 0.491 e. The number of rotatable bonds is 5. The van der Waals surface area contributed by atoms with E-state index in [9.17, 15) is 9.59 Å². The minimum Gasteiger partial charge on any atom is -0.491 e. The van der Waals surface area contributed by atoms with Gasteiger partial charge in [0.15, 0.2) is 0 Å². The first-order valence-electron chi connectivity index (χ1n) is 6.18. The van der Waals surface area contributed by atoms with Crippen LogP contribution in [0.1, 0.15) is 22.0 Å². The normalized spacial score (nSPS) is 15.6. The standard InChI is InChI=1S/C13H16N2O5/c14-10(6-19-7-12(16)17)8-1-2-11-9(5-8)13(18)15-3-4-20-11/h1-2,5,10H,3-4,6-7,14H2,(H,15,18)(H,16,17). The molecule has 0 aromatic heterocycles. The lowest BCUT2D eigenvalue weighted by Gasteiger charge is -2.14. The van der Waals surface area contributed by atoms with Gasteiger partial charge in [-0.3, -0.25) is 4.79 Å². The van der Waals surface area contributed by atoms with Gasteiger partial charge in [0, 0.05) is 0 Å². The van der Waals surface area contributed by atoms with E-state index < -0.39 is 18.6 Å². The first-order valence-corrected chi connectivity index (χ1v) is 6.18. The van der Waals surface area contributed by atoms with Crippen LogP contribution in [0.25, 0.3) is 0 Å². The molecule has 0 aliphatic carbocycles. The SMILES string of the molecule is NC(COCC(=O)O)c1ccc2c(c1)C(=O)NCCO2. The van der Waals surface area contributed by atoms with Crippen LogP contribution in [0.15, 0.2) is 18.2 Å². The zero-order valence-electron chi connectivity index (χ0n) is 10.8. The van der Waals surface area contributed by atoms with E-state index in [1.165, 1.54) is 0 Å². The summed E-state index contributed by atoms with van der Waals surface area (Å²) in [5, 5.41) is 11.2. The Kier molecular flexibility index (Phi) is 4.54. The second-order valence-corrected chi connectivity index (χ2v) is 4.38. The van der Waals surface area contributed by atoms with Crippen LogP contribution in [-0.2, 0) is 9.53 Å². The molecular formula is C13H16N2O5. The van der Waals surface area contributed by atoms with Crippen LogP contribution >= 0.6 is 0 Å². The highest BCUT2D eigenvalue weighted by molar-refractivity contribution is 5.97. The summed E-state index contributed by atoms with van der Waals surface area (Å²) in [7, 11) is 0. The van der Waals surface area contributed by atoms with E-state index in [1.54, 1.807) is 18.2 Å². The Hall–Kier alpha value is -2.12. The van der Waals surface area contributed by atoms with Gasteiger partial charge in [-0.1, -0.05) is 6.07 Å². The Morgan fingerprint density at radius 3 is 3.10 bits per heavy atom. The van der Waals surface area contributed by atoms with Crippen molar-refractivity contribution in [2.24, 2.45) is 5.73 Å². The smallest absolute Gasteiger partial charge is 0.329 e. The van der Waals surface area contributed by atoms with E-state index in [4.69, 9.17) is 20.3 Å². The van der Waals surface area contributed by atoms with Gasteiger partial charge in [-0.15, -0.1) is 0 Å². The molecule has 4 N–H and O–H groups in total. The number of nitrogens with one attached hydrogen (secondary N) is 1. The van der Waals surface area contributed by atoms with Gasteiger partial charge >= 0.3 is 5.97 Å². The van der Waals surface area contributed by atoms with Gasteiger partial charge in [0.2, 0.25) is 0 Å². The molecule has 7 nitrogen and oxygen atoms in total. The minimum atomic E-state index is -1.05. The highest BCUT2D eigenvalue weighted by Gasteiger charge is 2.18. The summed E-state index contributed by atoms with van der Waals surface area (Å²) in [4.78, 5) is 22.2. The van der Waals surface area contributed by atoms with Crippen LogP contribution in [0, 0.1) is 0 Å². The number of fused-ring (bicyclic) bond motifs is 1. The summed E-state index contributed by atoms with van der Waals surface area (Å²) >= 11 is 0. The van der Waals surface area contributed by atoms with Crippen LogP contribution in [0.3, 0.4) is 0 Å². The van der Waals surface area contributed by atoms with Gasteiger partial charge < -0.3 is 25.6 Å². The summed E-state index contributed by atoms with van der Waals surface area (Å²) < 4.78 is 10.4. The molecule has 0 spiro atoms. The number of nitrogens with two attached hydrogens (primary N) is 1. The van der Waals surface area contributed by atoms with Crippen LogP contribution in [0.2, 0.25) is 0 Å². The number of carboxylic acid groups (broad SMARTS) is 1. The second-order valence-electron chi connectivity index (χ2n) is 4.38. The molecule has 108 valence electrons. The molecule has 1 aromatic rings. The number of benzene rings is 1. The molecule has 0 bridgehead atoms. The number of amides is 1. The maximum atomic E-state index is 11.8. The van der Waals surface area contributed by atoms with E-state index in [2.05, 4.69) is 5.32 Å². The molecule has 1 atom stereocenters. The van der Waals surface area contributed by atoms with Crippen molar-refractivity contribution < 1.29 is 24.2 Å². The van der Waals surface area contributed by atoms with Gasteiger partial charge in [-0.2, -0.15) is 0 Å². The van der Waals surface area contributed by atoms with Crippen molar-refractivity contribution in [2.45, 2.75) is 6.04 Å². The van der Waals surface area contributed by atoms with Crippen molar-refractivity contribution in [3.8, 4) is 5.75 Å². The summed E-state index contributed by atoms with van der Waals surface area (Å²) in [6.45, 7) is 0.540. The zero-order valence-corrected chi connectivity index (χ0v) is 10.8. The molecule has 1 aromatic carbocycles. The molecule has 0 fully saturated rings. The van der Waals surface area contributed by atoms with Crippen molar-refractivity contribution >= 4 is 11.9 Å². The van der Waals surface area contributed by atoms with Gasteiger partial charge in [0.05, 0.1) is 24.8 Å². The maximum Gasteiger partial charge on any atom is 0.329 e. The monoisotopic (exact) mass is 280 g/mol. The first kappa shape index (κ1) is 14.3. The van der Waals surface area contributed by atoms with Crippen molar-refractivity contribution in [3.63, 3.8) is 0 Å². The van der Waals surface area contributed by atoms with Crippen molar-refractivity contribution in [1.82, 2.24) is 5.32 Å². The summed E-state index contributed by atoms with van der Waals surface area (Å²) in [5.41, 5.74) is 7.02. The lowest BCUT2D eigenvalue weighted by atomic mass is 10.0. The highest BCUT2D eigenvalue weighted by atomic mass is 16.5. The molecule has 0 radical (unpaired) electrons. The average Bonchev–Trinajstić information content (AvgIpc) is 2.60. The van der Waals surface area contributed by atoms with E-state index >= 15 is 0 Å². The second kappa shape index (κ2) is 6.36. The highest BCUT2D eigenvalue weighted by Crippen LogP contribution is 2.24. The number of hydrogen-bond donors (Lipinski definition) is 3. The summed E-state index contributed by atoms with van der Waals surface area (Å²) in [5.74, 6) is -0.743. The van der Waals surface area contributed by atoms with Gasteiger partial charge in [-0.05, 0) is 17.7 Å². The molecule has 1 aliphatic rings. The molecule has 1 unspecified atom stereocenters. The third-order valence-electron chi connectivity index (χ3n) is 2.84. The van der Waals surface area contributed by atoms with E-state index in [-0.39, 0.29) is 12.5 Å². The van der Waals surface area contributed by atoms with Gasteiger partial charge in [0.25, 0.3) is 5.91 Å². The van der Waals surface area contributed by atoms with Crippen molar-refractivity contribution in [1.29, 1.82) is 0 Å². The fourth-order valence-corrected chi connectivity index (χ4v) is 1.87. The lowest BCUT2D eigenvalue weighted by Crippen LogP contribution is -2.25. The first-order chi connectivity index (χ1) is 9.58. The molecule has 1 heterocycles. The Morgan fingerprint density at radius 1 is 1.55 bits per heavy atom. The molecule has 0 saturated heterocycles. The Balaban J connectivity index is 2.09. The maximum absolute atomic E-state index is 11.8. The molecule has 7 heteroatoms. The van der Waals surface area contributed by atoms with Gasteiger partial charge in [0.1, 0.15) is 19.0 Å². The number of carbonyl (C=O) groups is 2. The van der Waals surface area contributed by atoms with Crippen LogP contribution < -0.4 is 15.8 Å². The van der Waals surface area contributed by atoms with E-state index in [0.717, 1.165) is 0 Å². The third kappa shape index (κ3) is 3.46. The number of aliphatic carboxylic acids is 1. The quantitative estimate of drug-likeness (QED) is 0.695. The number of carboxylic acids is 1. The number of ether oxygens (including phenoxy) is 2. The Labute approximate surface area is 115 Å². The summed E-state index contributed by atoms with van der Waals surface area (Å²) in [6.07, 6.45) is 0. The fraction of sp³-hybridized carbons (Fsp3) is 0.385. The molecule has 1 amide bonds. The predicted octanol–water partition coefficient (Wildman–Crippen LogP) is -0.0902. The molecular weight excluding hydrogens is 264 g/mol. The van der Waals surface area contributed by atoms with Crippen LogP contribution in [0.4, 0.5) is 0 Å². The molecule has 0 saturated carbocycles. The lowest BCUT2D eigenvalue weighted by molar-refractivity contribution is -0.142. The Bertz CT molecular complexity index is 517. The topological polar surface area (TPSA) is 111 Å². The van der Waals surface area contributed by atoms with Crippen LogP contribution in [0.5, 0.6) is 5.75 Å². The van der Waals surface area contributed by atoms with Gasteiger partial charge in [-0.25, -0.2) is 4.79 Å². The molecule has 1 aliphatic heterocycles. The minimum absolute atomic E-state index is 0.0631. The van der Waals surface area contributed by atoms with Crippen molar-refractivity contribution in [2.75, 3.05) is 26.4 Å². The van der Waals surface area contributed by atoms with Crippen molar-refractivity contribution in [3.05, 3.63) is 29.3 Å². The van der Waals surface area contributed by atoms with E-state index in [1.807, 2.05) is 0 Å². The third-order valence-corrected chi connectivity index (χ3v) is 2.84.